The SMILES string of the molecule is CN=C(NCCCN1CCC(C)CC1)NCc1cccc(COC2CCOCC2)c1.I. The summed E-state index contributed by atoms with van der Waals surface area (Å²) < 4.78 is 11.4. The topological polar surface area (TPSA) is 58.1 Å². The summed E-state index contributed by atoms with van der Waals surface area (Å²) >= 11 is 0. The average Bonchev–Trinajstić information content (AvgIpc) is 2.79. The Balaban J connectivity index is 0.00000341. The van der Waals surface area contributed by atoms with Gasteiger partial charge in [0.15, 0.2) is 5.96 Å². The Morgan fingerprint density at radius 3 is 2.61 bits per heavy atom. The first-order valence-corrected chi connectivity index (χ1v) is 11.7. The molecule has 3 rings (SSSR count). The maximum Gasteiger partial charge on any atom is 0.191 e. The Morgan fingerprint density at radius 1 is 1.13 bits per heavy atom. The van der Waals surface area contributed by atoms with E-state index in [-0.39, 0.29) is 24.0 Å². The van der Waals surface area contributed by atoms with Crippen LogP contribution in [0.4, 0.5) is 0 Å². The van der Waals surface area contributed by atoms with E-state index in [9.17, 15) is 0 Å². The lowest BCUT2D eigenvalue weighted by molar-refractivity contribution is -0.0390. The third-order valence-electron chi connectivity index (χ3n) is 6.15. The van der Waals surface area contributed by atoms with Crippen molar-refractivity contribution in [2.45, 2.75) is 58.3 Å². The summed E-state index contributed by atoms with van der Waals surface area (Å²) in [5.41, 5.74) is 2.47. The molecular weight excluding hydrogens is 503 g/mol. The number of rotatable bonds is 9. The molecule has 2 aliphatic heterocycles. The van der Waals surface area contributed by atoms with Crippen molar-refractivity contribution in [1.82, 2.24) is 15.5 Å². The third-order valence-corrected chi connectivity index (χ3v) is 6.15. The lowest BCUT2D eigenvalue weighted by Crippen LogP contribution is -2.39. The molecule has 0 bridgehead atoms. The molecular formula is C24H41IN4O2. The van der Waals surface area contributed by atoms with Gasteiger partial charge in [-0.25, -0.2) is 0 Å². The molecule has 0 amide bonds. The van der Waals surface area contributed by atoms with E-state index in [0.29, 0.717) is 12.7 Å². The van der Waals surface area contributed by atoms with Crippen molar-refractivity contribution >= 4 is 29.9 Å². The van der Waals surface area contributed by atoms with Crippen LogP contribution in [0.5, 0.6) is 0 Å². The van der Waals surface area contributed by atoms with Crippen LogP contribution in [0.1, 0.15) is 50.2 Å². The van der Waals surface area contributed by atoms with E-state index in [1.165, 1.54) is 43.6 Å². The normalized spacial score (nSPS) is 19.1. The molecule has 2 heterocycles. The highest BCUT2D eigenvalue weighted by Gasteiger charge is 2.15. The van der Waals surface area contributed by atoms with Gasteiger partial charge in [-0.1, -0.05) is 31.2 Å². The molecule has 0 aromatic heterocycles. The van der Waals surface area contributed by atoms with E-state index in [0.717, 1.165) is 57.4 Å². The monoisotopic (exact) mass is 544 g/mol. The average molecular weight is 545 g/mol. The molecule has 7 heteroatoms. The van der Waals surface area contributed by atoms with Gasteiger partial charge >= 0.3 is 0 Å². The number of likely N-dealkylation sites (tertiary alicyclic amines) is 1. The molecule has 31 heavy (non-hydrogen) atoms. The quantitative estimate of drug-likeness (QED) is 0.215. The Morgan fingerprint density at radius 2 is 1.87 bits per heavy atom. The number of nitrogens with zero attached hydrogens (tertiary/aromatic N) is 2. The highest BCUT2D eigenvalue weighted by Crippen LogP contribution is 2.16. The van der Waals surface area contributed by atoms with Crippen LogP contribution >= 0.6 is 24.0 Å². The Labute approximate surface area is 205 Å². The number of piperidine rings is 1. The van der Waals surface area contributed by atoms with Gasteiger partial charge in [-0.05, 0) is 68.8 Å². The van der Waals surface area contributed by atoms with Crippen LogP contribution in [0, 0.1) is 5.92 Å². The predicted octanol–water partition coefficient (Wildman–Crippen LogP) is 3.79. The largest absolute Gasteiger partial charge is 0.381 e. The van der Waals surface area contributed by atoms with Crippen molar-refractivity contribution in [1.29, 1.82) is 0 Å². The number of ether oxygens (including phenoxy) is 2. The number of guanidine groups is 1. The van der Waals surface area contributed by atoms with E-state index >= 15 is 0 Å². The minimum atomic E-state index is 0. The smallest absolute Gasteiger partial charge is 0.191 e. The zero-order valence-corrected chi connectivity index (χ0v) is 21.6. The molecule has 2 aliphatic rings. The van der Waals surface area contributed by atoms with Crippen LogP contribution in [0.15, 0.2) is 29.3 Å². The summed E-state index contributed by atoms with van der Waals surface area (Å²) in [7, 11) is 1.83. The number of benzene rings is 1. The fourth-order valence-electron chi connectivity index (χ4n) is 4.09. The highest BCUT2D eigenvalue weighted by molar-refractivity contribution is 14.0. The summed E-state index contributed by atoms with van der Waals surface area (Å²) in [5.74, 6) is 1.76. The van der Waals surface area contributed by atoms with Gasteiger partial charge in [-0.3, -0.25) is 4.99 Å². The van der Waals surface area contributed by atoms with Gasteiger partial charge in [0.2, 0.25) is 0 Å². The summed E-state index contributed by atoms with van der Waals surface area (Å²) in [6.07, 6.45) is 6.16. The van der Waals surface area contributed by atoms with Gasteiger partial charge in [0.1, 0.15) is 0 Å². The Bertz CT molecular complexity index is 644. The van der Waals surface area contributed by atoms with E-state index < -0.39 is 0 Å². The predicted molar refractivity (Wildman–Crippen MR) is 138 cm³/mol. The zero-order valence-electron chi connectivity index (χ0n) is 19.3. The molecule has 1 aromatic rings. The molecule has 6 nitrogen and oxygen atoms in total. The van der Waals surface area contributed by atoms with Gasteiger partial charge in [-0.2, -0.15) is 0 Å². The van der Waals surface area contributed by atoms with Crippen LogP contribution in [0.2, 0.25) is 0 Å². The lowest BCUT2D eigenvalue weighted by Gasteiger charge is -2.30. The molecule has 2 fully saturated rings. The van der Waals surface area contributed by atoms with Crippen LogP contribution in [-0.4, -0.2) is 63.4 Å². The zero-order chi connectivity index (χ0) is 21.0. The van der Waals surface area contributed by atoms with Gasteiger partial charge in [0.25, 0.3) is 0 Å². The number of nitrogens with one attached hydrogen (secondary N) is 2. The van der Waals surface area contributed by atoms with E-state index in [2.05, 4.69) is 51.7 Å². The first kappa shape index (κ1) is 26.4. The number of hydrogen-bond acceptors (Lipinski definition) is 4. The summed E-state index contributed by atoms with van der Waals surface area (Å²) in [5, 5.41) is 6.88. The second-order valence-electron chi connectivity index (χ2n) is 8.67. The third kappa shape index (κ3) is 10.1. The van der Waals surface area contributed by atoms with Crippen molar-refractivity contribution in [3.05, 3.63) is 35.4 Å². The lowest BCUT2D eigenvalue weighted by atomic mass is 9.99. The molecule has 2 N–H and O–H groups in total. The summed E-state index contributed by atoms with van der Waals surface area (Å²) in [4.78, 5) is 6.95. The summed E-state index contributed by atoms with van der Waals surface area (Å²) in [6.45, 7) is 10.1. The van der Waals surface area contributed by atoms with E-state index in [1.807, 2.05) is 7.05 Å². The number of aliphatic imine (C=N–C) groups is 1. The second kappa shape index (κ2) is 15.0. The van der Waals surface area contributed by atoms with Crippen molar-refractivity contribution < 1.29 is 9.47 Å². The summed E-state index contributed by atoms with van der Waals surface area (Å²) in [6, 6.07) is 8.61. The molecule has 0 aliphatic carbocycles. The van der Waals surface area contributed by atoms with Gasteiger partial charge in [-0.15, -0.1) is 24.0 Å². The fraction of sp³-hybridized carbons (Fsp3) is 0.708. The van der Waals surface area contributed by atoms with Crippen LogP contribution in [0.25, 0.3) is 0 Å². The van der Waals surface area contributed by atoms with Gasteiger partial charge in [0.05, 0.1) is 12.7 Å². The standard InChI is InChI=1S/C24H40N4O2.HI/c1-20-7-13-28(14-8-20)12-4-11-26-24(25-2)27-18-21-5-3-6-22(17-21)19-30-23-9-15-29-16-10-23;/h3,5-6,17,20,23H,4,7-16,18-19H2,1-2H3,(H2,25,26,27);1H. The van der Waals surface area contributed by atoms with Gasteiger partial charge < -0.3 is 25.0 Å². The van der Waals surface area contributed by atoms with E-state index in [1.54, 1.807) is 0 Å². The van der Waals surface area contributed by atoms with Crippen molar-refractivity contribution in [2.75, 3.05) is 46.4 Å². The molecule has 0 atom stereocenters. The second-order valence-corrected chi connectivity index (χ2v) is 8.67. The van der Waals surface area contributed by atoms with Crippen LogP contribution < -0.4 is 10.6 Å². The van der Waals surface area contributed by atoms with Crippen molar-refractivity contribution in [2.24, 2.45) is 10.9 Å². The minimum absolute atomic E-state index is 0. The molecule has 1 aromatic carbocycles. The first-order chi connectivity index (χ1) is 14.7. The molecule has 0 radical (unpaired) electrons. The molecule has 176 valence electrons. The van der Waals surface area contributed by atoms with Crippen molar-refractivity contribution in [3.63, 3.8) is 0 Å². The first-order valence-electron chi connectivity index (χ1n) is 11.7. The number of halogens is 1. The highest BCUT2D eigenvalue weighted by atomic mass is 127. The van der Waals surface area contributed by atoms with E-state index in [4.69, 9.17) is 9.47 Å². The van der Waals surface area contributed by atoms with Crippen LogP contribution in [0.3, 0.4) is 0 Å². The molecule has 0 saturated carbocycles. The molecule has 0 spiro atoms. The maximum atomic E-state index is 6.05. The fourth-order valence-corrected chi connectivity index (χ4v) is 4.09. The Hall–Kier alpha value is -0.900. The number of hydrogen-bond donors (Lipinski definition) is 2. The molecule has 0 unspecified atom stereocenters. The van der Waals surface area contributed by atoms with Gasteiger partial charge in [0, 0.05) is 33.4 Å². The van der Waals surface area contributed by atoms with Crippen LogP contribution in [-0.2, 0) is 22.6 Å². The Kier molecular flexibility index (Phi) is 12.8. The minimum Gasteiger partial charge on any atom is -0.381 e. The maximum absolute atomic E-state index is 6.05. The molecule has 2 saturated heterocycles. The van der Waals surface area contributed by atoms with Crippen molar-refractivity contribution in [3.8, 4) is 0 Å².